The number of rotatable bonds is 3. The number of amides is 1. The lowest BCUT2D eigenvalue weighted by Crippen LogP contribution is -2.56. The highest BCUT2D eigenvalue weighted by molar-refractivity contribution is 6.61. The fraction of sp³-hybridized carbons (Fsp3) is 0.862. The molecule has 0 aromatic rings. The summed E-state index contributed by atoms with van der Waals surface area (Å²) in [5, 5.41) is 3.11. The minimum Gasteiger partial charge on any atom is -0.451 e. The quantitative estimate of drug-likeness (QED) is 0.348. The Labute approximate surface area is 244 Å². The average Bonchev–Trinajstić information content (AvgIpc) is 2.82. The summed E-state index contributed by atoms with van der Waals surface area (Å²) < 4.78 is 9.55. The van der Waals surface area contributed by atoms with E-state index in [1.54, 1.807) is 13.8 Å². The number of halogens is 1. The van der Waals surface area contributed by atoms with Gasteiger partial charge in [0.2, 0.25) is 0 Å². The van der Waals surface area contributed by atoms with Crippen LogP contribution in [0.4, 0.5) is 9.59 Å². The third-order valence-electron chi connectivity index (χ3n) is 8.34. The summed E-state index contributed by atoms with van der Waals surface area (Å²) in [5.41, 5.74) is 6.95. The Balaban J connectivity index is 0. The van der Waals surface area contributed by atoms with Crippen LogP contribution >= 0.6 is 11.6 Å². The highest BCUT2D eigenvalue weighted by Crippen LogP contribution is 2.52. The van der Waals surface area contributed by atoms with Crippen LogP contribution in [0.3, 0.4) is 0 Å². The first-order valence-corrected chi connectivity index (χ1v) is 14.0. The van der Waals surface area contributed by atoms with Gasteiger partial charge in [0.05, 0.1) is 12.2 Å². The van der Waals surface area contributed by atoms with Crippen molar-refractivity contribution in [1.82, 2.24) is 5.32 Å². The SMILES string of the molecule is C.CC(C)OC(=O)Cl.CC(C)OC(=O)NC12CCC(C)(CC1)CC2.CC12CCC(N)(CC1)CC2.O=C=O.O=C=O. The zero-order valence-electron chi connectivity index (χ0n) is 24.4. The first-order chi connectivity index (χ1) is 18.0. The van der Waals surface area contributed by atoms with Gasteiger partial charge in [0.1, 0.15) is 0 Å². The van der Waals surface area contributed by atoms with Gasteiger partial charge in [-0.05, 0) is 116 Å². The summed E-state index contributed by atoms with van der Waals surface area (Å²) >= 11 is 4.81. The van der Waals surface area contributed by atoms with E-state index in [1.165, 1.54) is 57.8 Å². The minimum absolute atomic E-state index is 0. The molecule has 232 valence electrons. The van der Waals surface area contributed by atoms with E-state index in [0.717, 1.165) is 19.3 Å². The van der Waals surface area contributed by atoms with E-state index in [4.69, 9.17) is 41.2 Å². The molecule has 0 aromatic carbocycles. The topological polar surface area (TPSA) is 159 Å². The molecule has 3 N–H and O–H groups in total. The van der Waals surface area contributed by atoms with Gasteiger partial charge in [-0.3, -0.25) is 0 Å². The molecule has 0 aliphatic heterocycles. The van der Waals surface area contributed by atoms with Crippen molar-refractivity contribution in [1.29, 1.82) is 0 Å². The zero-order valence-corrected chi connectivity index (χ0v) is 25.1. The average molecular weight is 591 g/mol. The normalized spacial score (nSPS) is 30.4. The lowest BCUT2D eigenvalue weighted by molar-refractivity contribution is -0.193. The predicted molar refractivity (Wildman–Crippen MR) is 150 cm³/mol. The van der Waals surface area contributed by atoms with Gasteiger partial charge in [-0.25, -0.2) is 9.59 Å². The molecule has 6 saturated carbocycles. The van der Waals surface area contributed by atoms with Crippen LogP contribution in [0.15, 0.2) is 0 Å². The molecular formula is C29H51ClN2O8. The molecule has 1 amide bonds. The number of hydrogen-bond donors (Lipinski definition) is 2. The third-order valence-corrected chi connectivity index (χ3v) is 8.43. The summed E-state index contributed by atoms with van der Waals surface area (Å²) in [7, 11) is 0. The summed E-state index contributed by atoms with van der Waals surface area (Å²) in [6, 6.07) is 0. The van der Waals surface area contributed by atoms with Gasteiger partial charge in [-0.15, -0.1) is 0 Å². The lowest BCUT2D eigenvalue weighted by Gasteiger charge is -2.52. The van der Waals surface area contributed by atoms with E-state index in [1.807, 2.05) is 13.8 Å². The molecule has 6 aliphatic rings. The molecule has 6 aliphatic carbocycles. The van der Waals surface area contributed by atoms with Gasteiger partial charge in [0.25, 0.3) is 0 Å². The number of alkyl carbamates (subject to hydrolysis) is 1. The predicted octanol–water partition coefficient (Wildman–Crippen LogP) is 6.53. The molecule has 10 nitrogen and oxygen atoms in total. The number of fused-ring (bicyclic) bond motifs is 6. The summed E-state index contributed by atoms with van der Waals surface area (Å²) in [6.45, 7) is 12.0. The molecule has 6 rings (SSSR count). The second-order valence-electron chi connectivity index (χ2n) is 12.4. The molecule has 0 heterocycles. The molecule has 0 radical (unpaired) electrons. The largest absolute Gasteiger partial charge is 0.451 e. The highest BCUT2D eigenvalue weighted by Gasteiger charge is 2.47. The van der Waals surface area contributed by atoms with Crippen LogP contribution in [-0.2, 0) is 28.7 Å². The Morgan fingerprint density at radius 2 is 1.00 bits per heavy atom. The second-order valence-corrected chi connectivity index (χ2v) is 12.7. The summed E-state index contributed by atoms with van der Waals surface area (Å²) in [4.78, 5) is 53.9. The first kappa shape index (κ1) is 39.9. The fourth-order valence-corrected chi connectivity index (χ4v) is 5.79. The number of carbonyl (C=O) groups excluding carboxylic acids is 6. The molecule has 40 heavy (non-hydrogen) atoms. The number of ether oxygens (including phenoxy) is 2. The fourth-order valence-electron chi connectivity index (χ4n) is 5.61. The van der Waals surface area contributed by atoms with Crippen molar-refractivity contribution in [2.45, 2.75) is 149 Å². The van der Waals surface area contributed by atoms with Gasteiger partial charge in [-0.1, -0.05) is 21.3 Å². The van der Waals surface area contributed by atoms with Crippen LogP contribution in [0.5, 0.6) is 0 Å². The highest BCUT2D eigenvalue weighted by atomic mass is 35.5. The van der Waals surface area contributed by atoms with Crippen LogP contribution in [0.2, 0.25) is 0 Å². The van der Waals surface area contributed by atoms with E-state index in [0.29, 0.717) is 10.8 Å². The van der Waals surface area contributed by atoms with Crippen molar-refractivity contribution in [2.75, 3.05) is 0 Å². The lowest BCUT2D eigenvalue weighted by atomic mass is 9.58. The summed E-state index contributed by atoms with van der Waals surface area (Å²) in [6.07, 6.45) is 15.2. The Morgan fingerprint density at radius 1 is 0.700 bits per heavy atom. The van der Waals surface area contributed by atoms with Crippen LogP contribution in [-0.4, -0.2) is 47.1 Å². The first-order valence-electron chi connectivity index (χ1n) is 13.6. The molecule has 0 unspecified atom stereocenters. The van der Waals surface area contributed by atoms with Crippen LogP contribution in [0, 0.1) is 10.8 Å². The minimum atomic E-state index is -0.741. The number of nitrogens with one attached hydrogen (secondary N) is 1. The van der Waals surface area contributed by atoms with Gasteiger partial charge >= 0.3 is 23.8 Å². The summed E-state index contributed by atoms with van der Waals surface area (Å²) in [5.74, 6) is 0. The van der Waals surface area contributed by atoms with E-state index in [9.17, 15) is 9.59 Å². The Bertz CT molecular complexity index is 770. The van der Waals surface area contributed by atoms with Gasteiger partial charge < -0.3 is 20.5 Å². The van der Waals surface area contributed by atoms with Crippen molar-refractivity contribution >= 4 is 35.4 Å². The maximum atomic E-state index is 11.6. The van der Waals surface area contributed by atoms with E-state index >= 15 is 0 Å². The van der Waals surface area contributed by atoms with Crippen molar-refractivity contribution < 1.29 is 38.2 Å². The standard InChI is InChI=1S/C13H23NO2.C9H17N.C4H7ClO2.2CO2.CH4/c1-10(2)16-11(15)14-13-7-4-12(3,5-8-13)6-9-13;1-8-2-5-9(10,6-3-8)7-4-8;1-3(2)7-4(5)6;2*2-1-3;/h10H,4-9H2,1-3H3,(H,14,15);2-7,10H2,1H3;3H,1-2H3;;;1H4. The maximum Gasteiger partial charge on any atom is 0.407 e. The van der Waals surface area contributed by atoms with Crippen molar-refractivity contribution in [3.05, 3.63) is 0 Å². The van der Waals surface area contributed by atoms with Crippen molar-refractivity contribution in [2.24, 2.45) is 16.6 Å². The Kier molecular flexibility index (Phi) is 18.2. The third kappa shape index (κ3) is 15.5. The smallest absolute Gasteiger partial charge is 0.407 e. The Morgan fingerprint density at radius 3 is 1.23 bits per heavy atom. The molecule has 11 heteroatoms. The number of nitrogens with two attached hydrogens (primary N) is 1. The van der Waals surface area contributed by atoms with Crippen molar-refractivity contribution in [3.63, 3.8) is 0 Å². The zero-order chi connectivity index (χ0) is 30.3. The molecule has 6 fully saturated rings. The van der Waals surface area contributed by atoms with Gasteiger partial charge in [-0.2, -0.15) is 19.2 Å². The molecule has 0 spiro atoms. The van der Waals surface area contributed by atoms with E-state index in [-0.39, 0.29) is 49.1 Å². The molecular weight excluding hydrogens is 540 g/mol. The number of hydrogen-bond acceptors (Lipinski definition) is 9. The maximum absolute atomic E-state index is 11.6. The van der Waals surface area contributed by atoms with Crippen LogP contribution < -0.4 is 11.1 Å². The number of carbonyl (C=O) groups is 2. The van der Waals surface area contributed by atoms with E-state index in [2.05, 4.69) is 23.9 Å². The van der Waals surface area contributed by atoms with Crippen LogP contribution in [0.25, 0.3) is 0 Å². The monoisotopic (exact) mass is 590 g/mol. The molecule has 4 bridgehead atoms. The van der Waals surface area contributed by atoms with E-state index < -0.39 is 5.43 Å². The molecule has 0 aromatic heterocycles. The van der Waals surface area contributed by atoms with Gasteiger partial charge in [0, 0.05) is 22.7 Å². The molecule has 0 atom stereocenters. The Hall–Kier alpha value is -2.25. The second kappa shape index (κ2) is 18.2. The molecule has 0 saturated heterocycles. The van der Waals surface area contributed by atoms with Gasteiger partial charge in [0.15, 0.2) is 0 Å². The van der Waals surface area contributed by atoms with Crippen LogP contribution in [0.1, 0.15) is 126 Å². The van der Waals surface area contributed by atoms with Crippen molar-refractivity contribution in [3.8, 4) is 0 Å².